The van der Waals surface area contributed by atoms with Gasteiger partial charge in [0.1, 0.15) is 5.75 Å². The van der Waals surface area contributed by atoms with Gasteiger partial charge in [0.25, 0.3) is 0 Å². The Kier molecular flexibility index (Phi) is 5.13. The van der Waals surface area contributed by atoms with Crippen LogP contribution >= 0.6 is 27.5 Å². The van der Waals surface area contributed by atoms with Gasteiger partial charge in [-0.05, 0) is 24.6 Å². The molecule has 0 aromatic heterocycles. The Balaban J connectivity index is 2.80. The van der Waals surface area contributed by atoms with Crippen molar-refractivity contribution in [3.8, 4) is 5.75 Å². The van der Waals surface area contributed by atoms with Crippen molar-refractivity contribution in [3.05, 3.63) is 28.2 Å². The molecular formula is C11H11BrClF3O. The average molecular weight is 332 g/mol. The van der Waals surface area contributed by atoms with E-state index in [9.17, 15) is 13.2 Å². The van der Waals surface area contributed by atoms with Crippen LogP contribution in [-0.4, -0.2) is 13.3 Å². The van der Waals surface area contributed by atoms with Crippen LogP contribution in [0.3, 0.4) is 0 Å². The monoisotopic (exact) mass is 330 g/mol. The van der Waals surface area contributed by atoms with E-state index in [0.29, 0.717) is 11.3 Å². The Morgan fingerprint density at radius 1 is 1.41 bits per heavy atom. The zero-order valence-electron chi connectivity index (χ0n) is 9.02. The van der Waals surface area contributed by atoms with Gasteiger partial charge in [-0.1, -0.05) is 15.9 Å². The van der Waals surface area contributed by atoms with E-state index in [1.54, 1.807) is 18.2 Å². The summed E-state index contributed by atoms with van der Waals surface area (Å²) in [5.41, 5.74) is 0.563. The third kappa shape index (κ3) is 4.76. The Hall–Kier alpha value is -0.420. The number of alkyl halides is 4. The summed E-state index contributed by atoms with van der Waals surface area (Å²) in [6.07, 6.45) is -5.26. The molecule has 0 saturated carbocycles. The van der Waals surface area contributed by atoms with Crippen LogP contribution in [-0.2, 0) is 0 Å². The van der Waals surface area contributed by atoms with Crippen LogP contribution in [0.1, 0.15) is 23.8 Å². The lowest BCUT2D eigenvalue weighted by Crippen LogP contribution is -2.08. The molecule has 0 saturated heterocycles. The lowest BCUT2D eigenvalue weighted by atomic mass is 10.1. The largest absolute Gasteiger partial charge is 0.496 e. The number of hydrogen-bond donors (Lipinski definition) is 0. The predicted molar refractivity (Wildman–Crippen MR) is 64.6 cm³/mol. The minimum Gasteiger partial charge on any atom is -0.496 e. The smallest absolute Gasteiger partial charge is 0.389 e. The van der Waals surface area contributed by atoms with Crippen LogP contribution in [0, 0.1) is 0 Å². The third-order valence-corrected chi connectivity index (χ3v) is 3.16. The van der Waals surface area contributed by atoms with Crippen molar-refractivity contribution < 1.29 is 17.9 Å². The van der Waals surface area contributed by atoms with Crippen molar-refractivity contribution in [3.63, 3.8) is 0 Å². The maximum atomic E-state index is 12.1. The van der Waals surface area contributed by atoms with Crippen molar-refractivity contribution in [2.75, 3.05) is 7.11 Å². The van der Waals surface area contributed by atoms with Crippen molar-refractivity contribution >= 4 is 27.5 Å². The molecule has 6 heteroatoms. The van der Waals surface area contributed by atoms with Gasteiger partial charge in [0, 0.05) is 16.5 Å². The fourth-order valence-electron chi connectivity index (χ4n) is 1.40. The molecule has 0 amide bonds. The molecule has 0 fully saturated rings. The summed E-state index contributed by atoms with van der Waals surface area (Å²) in [5.74, 6) is 0.496. The Morgan fingerprint density at radius 3 is 2.59 bits per heavy atom. The molecule has 0 aliphatic rings. The molecule has 0 N–H and O–H groups in total. The van der Waals surface area contributed by atoms with Gasteiger partial charge in [0.2, 0.25) is 0 Å². The first-order valence-corrected chi connectivity index (χ1v) is 6.10. The van der Waals surface area contributed by atoms with Crippen LogP contribution in [0.15, 0.2) is 22.7 Å². The molecule has 0 bridgehead atoms. The second-order valence-corrected chi connectivity index (χ2v) is 4.95. The quantitative estimate of drug-likeness (QED) is 0.699. The van der Waals surface area contributed by atoms with Gasteiger partial charge < -0.3 is 4.74 Å². The molecular weight excluding hydrogens is 320 g/mol. The number of ether oxygens (including phenoxy) is 1. The summed E-state index contributed by atoms with van der Waals surface area (Å²) in [6, 6.07) is 5.09. The molecule has 0 radical (unpaired) electrons. The van der Waals surface area contributed by atoms with E-state index < -0.39 is 18.0 Å². The molecule has 1 atom stereocenters. The van der Waals surface area contributed by atoms with Crippen molar-refractivity contribution in [1.82, 2.24) is 0 Å². The van der Waals surface area contributed by atoms with Gasteiger partial charge in [-0.15, -0.1) is 11.6 Å². The minimum absolute atomic E-state index is 0.169. The van der Waals surface area contributed by atoms with Crippen LogP contribution in [0.5, 0.6) is 5.75 Å². The molecule has 17 heavy (non-hydrogen) atoms. The Morgan fingerprint density at radius 2 is 2.06 bits per heavy atom. The molecule has 1 rings (SSSR count). The van der Waals surface area contributed by atoms with Gasteiger partial charge in [0.05, 0.1) is 12.5 Å². The highest BCUT2D eigenvalue weighted by Crippen LogP contribution is 2.37. The van der Waals surface area contributed by atoms with Gasteiger partial charge in [-0.2, -0.15) is 13.2 Å². The number of hydrogen-bond acceptors (Lipinski definition) is 1. The topological polar surface area (TPSA) is 9.23 Å². The molecule has 0 aliphatic carbocycles. The first-order chi connectivity index (χ1) is 7.83. The van der Waals surface area contributed by atoms with Crippen molar-refractivity contribution in [2.45, 2.75) is 24.4 Å². The normalized spacial score (nSPS) is 13.5. The maximum Gasteiger partial charge on any atom is 0.389 e. The predicted octanol–water partition coefficient (Wildman–Crippen LogP) is 5.08. The van der Waals surface area contributed by atoms with E-state index >= 15 is 0 Å². The molecule has 96 valence electrons. The van der Waals surface area contributed by atoms with E-state index in [1.807, 2.05) is 0 Å². The highest BCUT2D eigenvalue weighted by Gasteiger charge is 2.28. The van der Waals surface area contributed by atoms with E-state index in [1.165, 1.54) is 7.11 Å². The zero-order chi connectivity index (χ0) is 13.1. The first kappa shape index (κ1) is 14.6. The molecule has 0 aliphatic heterocycles. The van der Waals surface area contributed by atoms with E-state index in [-0.39, 0.29) is 6.42 Å². The molecule has 1 aromatic carbocycles. The number of benzene rings is 1. The molecule has 1 unspecified atom stereocenters. The van der Waals surface area contributed by atoms with Gasteiger partial charge in [0.15, 0.2) is 0 Å². The van der Waals surface area contributed by atoms with Crippen molar-refractivity contribution in [1.29, 1.82) is 0 Å². The second kappa shape index (κ2) is 5.96. The first-order valence-electron chi connectivity index (χ1n) is 4.88. The second-order valence-electron chi connectivity index (χ2n) is 3.51. The summed E-state index contributed by atoms with van der Waals surface area (Å²) >= 11 is 9.22. The lowest BCUT2D eigenvalue weighted by Gasteiger charge is -2.15. The Bertz CT molecular complexity index is 381. The highest BCUT2D eigenvalue weighted by atomic mass is 79.9. The third-order valence-electron chi connectivity index (χ3n) is 2.21. The summed E-state index contributed by atoms with van der Waals surface area (Å²) in [5, 5.41) is -0.718. The van der Waals surface area contributed by atoms with Gasteiger partial charge >= 0.3 is 6.18 Å². The van der Waals surface area contributed by atoms with Crippen LogP contribution in [0.4, 0.5) is 13.2 Å². The SMILES string of the molecule is COc1ccc(Br)cc1C(Cl)CCC(F)(F)F. The van der Waals surface area contributed by atoms with E-state index in [4.69, 9.17) is 16.3 Å². The molecule has 0 heterocycles. The summed E-state index contributed by atoms with van der Waals surface area (Å²) in [6.45, 7) is 0. The fraction of sp³-hybridized carbons (Fsp3) is 0.455. The van der Waals surface area contributed by atoms with Gasteiger partial charge in [-0.3, -0.25) is 0 Å². The van der Waals surface area contributed by atoms with Crippen LogP contribution in [0.2, 0.25) is 0 Å². The maximum absolute atomic E-state index is 12.1. The van der Waals surface area contributed by atoms with Crippen molar-refractivity contribution in [2.24, 2.45) is 0 Å². The van der Waals surface area contributed by atoms with E-state index in [2.05, 4.69) is 15.9 Å². The highest BCUT2D eigenvalue weighted by molar-refractivity contribution is 9.10. The molecule has 1 nitrogen and oxygen atoms in total. The minimum atomic E-state index is -4.19. The van der Waals surface area contributed by atoms with E-state index in [0.717, 1.165) is 4.47 Å². The zero-order valence-corrected chi connectivity index (χ0v) is 11.4. The Labute approximate surface area is 111 Å². The summed E-state index contributed by atoms with van der Waals surface area (Å²) in [4.78, 5) is 0. The fourth-order valence-corrected chi connectivity index (χ4v) is 2.05. The standard InChI is InChI=1S/C11H11BrClF3O/c1-17-10-3-2-7(12)6-8(10)9(13)4-5-11(14,15)16/h2-3,6,9H,4-5H2,1H3. The molecule has 0 spiro atoms. The lowest BCUT2D eigenvalue weighted by molar-refractivity contribution is -0.135. The average Bonchev–Trinajstić information content (AvgIpc) is 2.25. The number of halogens is 5. The summed E-state index contributed by atoms with van der Waals surface area (Å²) in [7, 11) is 1.46. The van der Waals surface area contributed by atoms with Crippen LogP contribution in [0.25, 0.3) is 0 Å². The number of rotatable bonds is 4. The van der Waals surface area contributed by atoms with Gasteiger partial charge in [-0.25, -0.2) is 0 Å². The summed E-state index contributed by atoms with van der Waals surface area (Å²) < 4.78 is 42.1. The number of methoxy groups -OCH3 is 1. The molecule has 1 aromatic rings. The van der Waals surface area contributed by atoms with Crippen LogP contribution < -0.4 is 4.74 Å².